The molecule has 1 heterocycles. The van der Waals surface area contributed by atoms with Crippen LogP contribution in [-0.2, 0) is 12.8 Å². The summed E-state index contributed by atoms with van der Waals surface area (Å²) in [5, 5.41) is 5.42. The van der Waals surface area contributed by atoms with Crippen LogP contribution >= 0.6 is 11.6 Å². The summed E-state index contributed by atoms with van der Waals surface area (Å²) < 4.78 is 1.91. The van der Waals surface area contributed by atoms with Gasteiger partial charge in [-0.05, 0) is 43.4 Å². The molecule has 0 bridgehead atoms. The van der Waals surface area contributed by atoms with E-state index in [9.17, 15) is 4.79 Å². The van der Waals surface area contributed by atoms with Gasteiger partial charge in [-0.15, -0.1) is 0 Å². The third kappa shape index (κ3) is 2.75. The molecular formula is C17H19ClN2O. The van der Waals surface area contributed by atoms with Crippen LogP contribution in [0, 0.1) is 5.92 Å². The summed E-state index contributed by atoms with van der Waals surface area (Å²) >= 11 is 6.09. The molecule has 0 aliphatic heterocycles. The number of carbonyl (C=O) groups is 1. The molecule has 110 valence electrons. The monoisotopic (exact) mass is 302 g/mol. The number of Topliss-reactive ketones (excluding diaryl/α,β-unsaturated/α-hetero) is 1. The molecule has 21 heavy (non-hydrogen) atoms. The van der Waals surface area contributed by atoms with Gasteiger partial charge in [-0.2, -0.15) is 5.10 Å². The fraction of sp³-hybridized carbons (Fsp3) is 0.412. The van der Waals surface area contributed by atoms with Gasteiger partial charge in [-0.3, -0.25) is 4.79 Å². The van der Waals surface area contributed by atoms with Gasteiger partial charge < -0.3 is 0 Å². The largest absolute Gasteiger partial charge is 0.294 e. The molecule has 0 radical (unpaired) electrons. The van der Waals surface area contributed by atoms with E-state index in [0.29, 0.717) is 17.4 Å². The number of nitrogens with zero attached hydrogens (tertiary/aromatic N) is 2. The van der Waals surface area contributed by atoms with Crippen molar-refractivity contribution in [3.63, 3.8) is 0 Å². The topological polar surface area (TPSA) is 34.9 Å². The van der Waals surface area contributed by atoms with Gasteiger partial charge in [0.2, 0.25) is 0 Å². The number of fused-ring (bicyclic) bond motifs is 1. The first-order valence-corrected chi connectivity index (χ1v) is 7.84. The van der Waals surface area contributed by atoms with Gasteiger partial charge in [0.1, 0.15) is 0 Å². The van der Waals surface area contributed by atoms with Crippen molar-refractivity contribution >= 4 is 17.4 Å². The van der Waals surface area contributed by atoms with E-state index in [-0.39, 0.29) is 5.78 Å². The predicted octanol–water partition coefficient (Wildman–Crippen LogP) is 4.24. The van der Waals surface area contributed by atoms with Crippen LogP contribution in [0.1, 0.15) is 48.4 Å². The normalized spacial score (nSPS) is 14.6. The van der Waals surface area contributed by atoms with Gasteiger partial charge in [0.25, 0.3) is 0 Å². The highest BCUT2D eigenvalue weighted by Crippen LogP contribution is 2.29. The van der Waals surface area contributed by atoms with Crippen molar-refractivity contribution < 1.29 is 4.79 Å². The number of benzene rings is 1. The Labute approximate surface area is 129 Å². The van der Waals surface area contributed by atoms with Crippen molar-refractivity contribution in [2.24, 2.45) is 5.92 Å². The number of hydrogen-bond donors (Lipinski definition) is 0. The predicted molar refractivity (Wildman–Crippen MR) is 84.4 cm³/mol. The highest BCUT2D eigenvalue weighted by Gasteiger charge is 2.27. The van der Waals surface area contributed by atoms with Crippen molar-refractivity contribution in [1.82, 2.24) is 9.78 Å². The maximum Gasteiger partial charge on any atom is 0.166 e. The molecule has 0 saturated heterocycles. The first-order valence-electron chi connectivity index (χ1n) is 7.46. The third-order valence-electron chi connectivity index (χ3n) is 3.80. The lowest BCUT2D eigenvalue weighted by Gasteiger charge is -2.14. The lowest BCUT2D eigenvalue weighted by atomic mass is 9.92. The zero-order valence-electron chi connectivity index (χ0n) is 12.4. The number of carbonyl (C=O) groups excluding carboxylic acids is 1. The molecule has 0 atom stereocenters. The second-order valence-electron chi connectivity index (χ2n) is 6.03. The minimum atomic E-state index is 0.236. The van der Waals surface area contributed by atoms with E-state index >= 15 is 0 Å². The quantitative estimate of drug-likeness (QED) is 0.850. The second-order valence-corrected chi connectivity index (χ2v) is 6.47. The van der Waals surface area contributed by atoms with Gasteiger partial charge >= 0.3 is 0 Å². The lowest BCUT2D eigenvalue weighted by Crippen LogP contribution is -2.14. The Morgan fingerprint density at radius 3 is 2.86 bits per heavy atom. The smallest absolute Gasteiger partial charge is 0.166 e. The molecule has 3 rings (SSSR count). The zero-order valence-corrected chi connectivity index (χ0v) is 13.2. The first kappa shape index (κ1) is 14.3. The number of halogens is 1. The molecule has 4 heteroatoms. The molecule has 0 unspecified atom stereocenters. The Kier molecular flexibility index (Phi) is 3.85. The second kappa shape index (κ2) is 5.64. The molecule has 1 aromatic heterocycles. The van der Waals surface area contributed by atoms with E-state index in [4.69, 9.17) is 16.7 Å². The Bertz CT molecular complexity index is 688. The number of ketones is 1. The summed E-state index contributed by atoms with van der Waals surface area (Å²) in [5.41, 5.74) is 3.77. The maximum atomic E-state index is 12.3. The fourth-order valence-electron chi connectivity index (χ4n) is 2.95. The molecule has 2 aromatic rings. The van der Waals surface area contributed by atoms with Crippen LogP contribution in [0.15, 0.2) is 24.3 Å². The van der Waals surface area contributed by atoms with Gasteiger partial charge in [0.15, 0.2) is 5.78 Å². The molecule has 1 aliphatic rings. The molecule has 0 amide bonds. The van der Waals surface area contributed by atoms with Crippen LogP contribution in [0.3, 0.4) is 0 Å². The van der Waals surface area contributed by atoms with Gasteiger partial charge in [-0.1, -0.05) is 31.5 Å². The SMILES string of the molecule is CC(C)Cc1nn(-c2cccc(Cl)c2)c2c1C(=O)CCC2. The molecule has 1 aliphatic carbocycles. The van der Waals surface area contributed by atoms with Crippen molar-refractivity contribution in [1.29, 1.82) is 0 Å². The molecule has 3 nitrogen and oxygen atoms in total. The molecule has 1 aromatic carbocycles. The molecule has 0 saturated carbocycles. The van der Waals surface area contributed by atoms with Crippen molar-refractivity contribution in [2.45, 2.75) is 39.5 Å². The van der Waals surface area contributed by atoms with Gasteiger partial charge in [0.05, 0.1) is 22.6 Å². The van der Waals surface area contributed by atoms with Crippen LogP contribution < -0.4 is 0 Å². The van der Waals surface area contributed by atoms with E-state index in [0.717, 1.165) is 41.9 Å². The summed E-state index contributed by atoms with van der Waals surface area (Å²) in [6, 6.07) is 7.64. The maximum absolute atomic E-state index is 12.3. The van der Waals surface area contributed by atoms with Crippen LogP contribution in [0.5, 0.6) is 0 Å². The highest BCUT2D eigenvalue weighted by molar-refractivity contribution is 6.30. The van der Waals surface area contributed by atoms with Gasteiger partial charge in [0, 0.05) is 11.4 Å². The lowest BCUT2D eigenvalue weighted by molar-refractivity contribution is 0.0971. The number of aromatic nitrogens is 2. The number of rotatable bonds is 3. The Hall–Kier alpha value is -1.61. The van der Waals surface area contributed by atoms with E-state index < -0.39 is 0 Å². The summed E-state index contributed by atoms with van der Waals surface area (Å²) in [7, 11) is 0. The summed E-state index contributed by atoms with van der Waals surface area (Å²) in [6.07, 6.45) is 3.28. The van der Waals surface area contributed by atoms with Crippen LogP contribution in [-0.4, -0.2) is 15.6 Å². The fourth-order valence-corrected chi connectivity index (χ4v) is 3.13. The Balaban J connectivity index is 2.15. The minimum absolute atomic E-state index is 0.236. The highest BCUT2D eigenvalue weighted by atomic mass is 35.5. The summed E-state index contributed by atoms with van der Waals surface area (Å²) in [5.74, 6) is 0.715. The number of hydrogen-bond acceptors (Lipinski definition) is 2. The van der Waals surface area contributed by atoms with Crippen molar-refractivity contribution in [3.05, 3.63) is 46.2 Å². The van der Waals surface area contributed by atoms with E-state index in [1.165, 1.54) is 0 Å². The van der Waals surface area contributed by atoms with Crippen LogP contribution in [0.25, 0.3) is 5.69 Å². The van der Waals surface area contributed by atoms with E-state index in [1.807, 2.05) is 28.9 Å². The Morgan fingerprint density at radius 2 is 2.14 bits per heavy atom. The first-order chi connectivity index (χ1) is 10.1. The van der Waals surface area contributed by atoms with E-state index in [1.54, 1.807) is 0 Å². The molecule has 0 fully saturated rings. The Morgan fingerprint density at radius 1 is 1.33 bits per heavy atom. The summed E-state index contributed by atoms with van der Waals surface area (Å²) in [4.78, 5) is 12.3. The average molecular weight is 303 g/mol. The molecule has 0 spiro atoms. The third-order valence-corrected chi connectivity index (χ3v) is 4.04. The average Bonchev–Trinajstić information content (AvgIpc) is 2.78. The molecular weight excluding hydrogens is 284 g/mol. The van der Waals surface area contributed by atoms with Crippen molar-refractivity contribution in [3.8, 4) is 5.69 Å². The van der Waals surface area contributed by atoms with Crippen LogP contribution in [0.2, 0.25) is 5.02 Å². The van der Waals surface area contributed by atoms with Gasteiger partial charge in [-0.25, -0.2) is 4.68 Å². The van der Waals surface area contributed by atoms with Crippen LogP contribution in [0.4, 0.5) is 0 Å². The zero-order chi connectivity index (χ0) is 15.0. The minimum Gasteiger partial charge on any atom is -0.294 e. The van der Waals surface area contributed by atoms with Crippen molar-refractivity contribution in [2.75, 3.05) is 0 Å². The van der Waals surface area contributed by atoms with E-state index in [2.05, 4.69) is 13.8 Å². The standard InChI is InChI=1S/C17H19ClN2O/c1-11(2)9-14-17-15(7-4-8-16(17)21)20(19-14)13-6-3-5-12(18)10-13/h3,5-6,10-11H,4,7-9H2,1-2H3. The molecule has 0 N–H and O–H groups in total. The summed E-state index contributed by atoms with van der Waals surface area (Å²) in [6.45, 7) is 4.30.